The highest BCUT2D eigenvalue weighted by Crippen LogP contribution is 1.79. The molecule has 0 aliphatic rings. The number of carbonyl (C=O) groups excluding carboxylic acids is 1. The third-order valence-corrected chi connectivity index (χ3v) is 0.783. The van der Waals surface area contributed by atoms with Crippen LogP contribution in [0.2, 0.25) is 0 Å². The maximum Gasteiger partial charge on any atom is 0.121 e. The largest absolute Gasteiger partial charge is 0.403 e. The number of nitrogens with two attached hydrogens (primary N) is 2. The summed E-state index contributed by atoms with van der Waals surface area (Å²) in [5, 5.41) is 1.36. The second kappa shape index (κ2) is 5.11. The van der Waals surface area contributed by atoms with Gasteiger partial charge >= 0.3 is 0 Å². The van der Waals surface area contributed by atoms with Crippen LogP contribution in [0.5, 0.6) is 0 Å². The highest BCUT2D eigenvalue weighted by molar-refractivity contribution is 5.49. The molecule has 0 heterocycles. The van der Waals surface area contributed by atoms with Gasteiger partial charge in [-0.2, -0.15) is 0 Å². The maximum absolute atomic E-state index is 9.78. The van der Waals surface area contributed by atoms with Crippen molar-refractivity contribution in [3.8, 4) is 0 Å². The average molecular weight is 129 g/mol. The Morgan fingerprint density at radius 3 is 2.67 bits per heavy atom. The first-order valence-electron chi connectivity index (χ1n) is 2.64. The van der Waals surface area contributed by atoms with Crippen LogP contribution in [-0.4, -0.2) is 17.8 Å². The minimum atomic E-state index is 0.431. The van der Waals surface area contributed by atoms with Gasteiger partial charge in [0, 0.05) is 25.4 Å². The van der Waals surface area contributed by atoms with E-state index in [1.54, 1.807) is 0 Å². The van der Waals surface area contributed by atoms with E-state index in [1.165, 1.54) is 17.4 Å². The molecular formula is C5H11N3O. The molecule has 0 radical (unpaired) electrons. The van der Waals surface area contributed by atoms with E-state index in [0.29, 0.717) is 13.0 Å². The van der Waals surface area contributed by atoms with E-state index in [9.17, 15) is 4.79 Å². The van der Waals surface area contributed by atoms with Crippen LogP contribution in [0.4, 0.5) is 0 Å². The van der Waals surface area contributed by atoms with Crippen molar-refractivity contribution in [3.63, 3.8) is 0 Å². The molecule has 4 N–H and O–H groups in total. The lowest BCUT2D eigenvalue weighted by atomic mass is 10.5. The summed E-state index contributed by atoms with van der Waals surface area (Å²) in [7, 11) is 0. The molecule has 0 aliphatic carbocycles. The molecule has 4 heteroatoms. The Morgan fingerprint density at radius 1 is 1.56 bits per heavy atom. The van der Waals surface area contributed by atoms with Crippen molar-refractivity contribution in [2.24, 2.45) is 11.6 Å². The van der Waals surface area contributed by atoms with Crippen molar-refractivity contribution >= 4 is 6.29 Å². The van der Waals surface area contributed by atoms with Gasteiger partial charge in [-0.1, -0.05) is 0 Å². The molecule has 0 rings (SSSR count). The number of aldehydes is 1. The maximum atomic E-state index is 9.78. The summed E-state index contributed by atoms with van der Waals surface area (Å²) in [5.74, 6) is 5.28. The van der Waals surface area contributed by atoms with Crippen LogP contribution in [0.15, 0.2) is 12.4 Å². The first kappa shape index (κ1) is 7.97. The third kappa shape index (κ3) is 4.83. The summed E-state index contributed by atoms with van der Waals surface area (Å²) in [6, 6.07) is 0. The Morgan fingerprint density at radius 2 is 2.22 bits per heavy atom. The lowest BCUT2D eigenvalue weighted by Crippen LogP contribution is -2.26. The second-order valence-electron chi connectivity index (χ2n) is 1.53. The van der Waals surface area contributed by atoms with Gasteiger partial charge in [0.2, 0.25) is 0 Å². The lowest BCUT2D eigenvalue weighted by molar-refractivity contribution is -0.108. The molecular weight excluding hydrogens is 118 g/mol. The Bertz CT molecular complexity index is 102. The van der Waals surface area contributed by atoms with Gasteiger partial charge in [-0.05, 0) is 0 Å². The number of hydrogen-bond donors (Lipinski definition) is 2. The summed E-state index contributed by atoms with van der Waals surface area (Å²) >= 11 is 0. The molecule has 0 atom stereocenters. The van der Waals surface area contributed by atoms with Crippen LogP contribution in [-0.2, 0) is 4.79 Å². The number of hydrogen-bond acceptors (Lipinski definition) is 4. The number of carbonyl (C=O) groups is 1. The summed E-state index contributed by atoms with van der Waals surface area (Å²) in [4.78, 5) is 9.78. The standard InChI is InChI=1S/C5H11N3O/c6-2-4-8(7)3-1-5-9/h2,4-5H,1,3,6-7H2/b4-2-. The fraction of sp³-hybridized carbons (Fsp3) is 0.400. The van der Waals surface area contributed by atoms with E-state index in [-0.39, 0.29) is 0 Å². The predicted octanol–water partition coefficient (Wildman–Crippen LogP) is -0.819. The molecule has 0 amide bonds. The van der Waals surface area contributed by atoms with Gasteiger partial charge in [0.15, 0.2) is 0 Å². The van der Waals surface area contributed by atoms with E-state index in [4.69, 9.17) is 11.6 Å². The smallest absolute Gasteiger partial charge is 0.121 e. The van der Waals surface area contributed by atoms with Gasteiger partial charge in [-0.3, -0.25) is 0 Å². The average Bonchev–Trinajstić information content (AvgIpc) is 1.85. The minimum Gasteiger partial charge on any atom is -0.403 e. The van der Waals surface area contributed by atoms with Crippen molar-refractivity contribution in [1.29, 1.82) is 0 Å². The SMILES string of the molecule is N/C=C\N(N)CCC=O. The van der Waals surface area contributed by atoms with Gasteiger partial charge in [-0.15, -0.1) is 0 Å². The monoisotopic (exact) mass is 129 g/mol. The fourth-order valence-electron chi connectivity index (χ4n) is 0.387. The molecule has 52 valence electrons. The summed E-state index contributed by atoms with van der Waals surface area (Å²) in [6.45, 7) is 0.511. The molecule has 0 spiro atoms. The lowest BCUT2D eigenvalue weighted by Gasteiger charge is -2.09. The first-order valence-corrected chi connectivity index (χ1v) is 2.64. The number of rotatable bonds is 4. The van der Waals surface area contributed by atoms with Crippen LogP contribution < -0.4 is 11.6 Å². The van der Waals surface area contributed by atoms with Crippen molar-refractivity contribution in [3.05, 3.63) is 12.4 Å². The topological polar surface area (TPSA) is 72.3 Å². The van der Waals surface area contributed by atoms with Crippen molar-refractivity contribution < 1.29 is 4.79 Å². The molecule has 0 aliphatic heterocycles. The molecule has 0 saturated heterocycles. The molecule has 4 nitrogen and oxygen atoms in total. The van der Waals surface area contributed by atoms with Crippen molar-refractivity contribution in [2.45, 2.75) is 6.42 Å². The van der Waals surface area contributed by atoms with Gasteiger partial charge in [0.05, 0.1) is 0 Å². The molecule has 0 fully saturated rings. The zero-order chi connectivity index (χ0) is 7.11. The first-order chi connectivity index (χ1) is 4.31. The van der Waals surface area contributed by atoms with E-state index in [1.807, 2.05) is 0 Å². The van der Waals surface area contributed by atoms with Gasteiger partial charge in [0.1, 0.15) is 6.29 Å². The zero-order valence-electron chi connectivity index (χ0n) is 5.16. The van der Waals surface area contributed by atoms with Crippen LogP contribution in [0.1, 0.15) is 6.42 Å². The van der Waals surface area contributed by atoms with E-state index in [0.717, 1.165) is 6.29 Å². The van der Waals surface area contributed by atoms with Crippen LogP contribution in [0.25, 0.3) is 0 Å². The molecule has 0 aromatic carbocycles. The Labute approximate surface area is 54.1 Å². The quantitative estimate of drug-likeness (QED) is 0.295. The molecule has 9 heavy (non-hydrogen) atoms. The Balaban J connectivity index is 3.25. The van der Waals surface area contributed by atoms with E-state index < -0.39 is 0 Å². The summed E-state index contributed by atoms with van der Waals surface area (Å²) in [5.41, 5.74) is 5.01. The van der Waals surface area contributed by atoms with Crippen LogP contribution in [0.3, 0.4) is 0 Å². The fourth-order valence-corrected chi connectivity index (χ4v) is 0.387. The number of hydrazine groups is 1. The van der Waals surface area contributed by atoms with Gasteiger partial charge in [0.25, 0.3) is 0 Å². The van der Waals surface area contributed by atoms with Crippen LogP contribution in [0, 0.1) is 0 Å². The Hall–Kier alpha value is -1.03. The normalized spacial score (nSPS) is 9.89. The zero-order valence-corrected chi connectivity index (χ0v) is 5.16. The van der Waals surface area contributed by atoms with E-state index in [2.05, 4.69) is 0 Å². The van der Waals surface area contributed by atoms with Gasteiger partial charge in [-0.25, -0.2) is 5.84 Å². The van der Waals surface area contributed by atoms with Crippen molar-refractivity contribution in [1.82, 2.24) is 5.01 Å². The highest BCUT2D eigenvalue weighted by Gasteiger charge is 1.87. The highest BCUT2D eigenvalue weighted by atomic mass is 16.1. The summed E-state index contributed by atoms with van der Waals surface area (Å²) in [6.07, 6.45) is 4.07. The molecule has 0 aromatic heterocycles. The minimum absolute atomic E-state index is 0.431. The molecule has 0 aromatic rings. The molecule has 0 unspecified atom stereocenters. The number of nitrogens with zero attached hydrogens (tertiary/aromatic N) is 1. The molecule has 0 bridgehead atoms. The Kier molecular flexibility index (Phi) is 4.53. The second-order valence-corrected chi connectivity index (χ2v) is 1.53. The third-order valence-electron chi connectivity index (χ3n) is 0.783. The van der Waals surface area contributed by atoms with Crippen LogP contribution >= 0.6 is 0 Å². The van der Waals surface area contributed by atoms with Gasteiger partial charge < -0.3 is 15.5 Å². The van der Waals surface area contributed by atoms with Crippen molar-refractivity contribution in [2.75, 3.05) is 6.54 Å². The predicted molar refractivity (Wildman–Crippen MR) is 34.9 cm³/mol. The van der Waals surface area contributed by atoms with E-state index >= 15 is 0 Å². The summed E-state index contributed by atoms with van der Waals surface area (Å²) < 4.78 is 0. The molecule has 0 saturated carbocycles.